The first-order chi connectivity index (χ1) is 23.7. The first kappa shape index (κ1) is 33.4. The molecular weight excluding hydrogens is 630 g/mol. The Bertz CT molecular complexity index is 1970. The number of benzene rings is 4. The monoisotopic (exact) mass is 671 g/mol. The fourth-order valence-corrected chi connectivity index (χ4v) is 7.91. The average molecular weight is 672 g/mol. The summed E-state index contributed by atoms with van der Waals surface area (Å²) in [5.74, 6) is -3.80. The summed E-state index contributed by atoms with van der Waals surface area (Å²) >= 11 is 0. The van der Waals surface area contributed by atoms with E-state index in [-0.39, 0.29) is 30.4 Å². The molecule has 1 aliphatic heterocycles. The Morgan fingerprint density at radius 2 is 1.65 bits per heavy atom. The van der Waals surface area contributed by atoms with Crippen molar-refractivity contribution in [3.8, 4) is 11.5 Å². The highest BCUT2D eigenvalue weighted by Crippen LogP contribution is 2.46. The molecule has 2 aliphatic rings. The summed E-state index contributed by atoms with van der Waals surface area (Å²) in [6.45, 7) is -1.87. The molecule has 4 aromatic carbocycles. The van der Waals surface area contributed by atoms with E-state index in [1.54, 1.807) is 12.1 Å². The molecule has 5 unspecified atom stereocenters. The number of phenols is 1. The number of carbonyl (C=O) groups excluding carboxylic acids is 1. The fourth-order valence-electron chi connectivity index (χ4n) is 7.91. The van der Waals surface area contributed by atoms with E-state index in [2.05, 4.69) is 4.98 Å². The molecule has 1 saturated carbocycles. The molecule has 49 heavy (non-hydrogen) atoms. The van der Waals surface area contributed by atoms with Crippen molar-refractivity contribution in [1.82, 2.24) is 4.98 Å². The predicted molar refractivity (Wildman–Crippen MR) is 181 cm³/mol. The minimum absolute atomic E-state index is 0.0707. The maximum absolute atomic E-state index is 14.0. The largest absolute Gasteiger partial charge is 0.508 e. The van der Waals surface area contributed by atoms with Gasteiger partial charge >= 0.3 is 5.97 Å². The van der Waals surface area contributed by atoms with Crippen LogP contribution < -0.4 is 4.74 Å². The first-order valence-corrected chi connectivity index (χ1v) is 16.7. The zero-order chi connectivity index (χ0) is 34.3. The molecule has 0 radical (unpaired) electrons. The van der Waals surface area contributed by atoms with Crippen molar-refractivity contribution in [2.45, 2.75) is 68.2 Å². The van der Waals surface area contributed by atoms with Gasteiger partial charge in [0.1, 0.15) is 18.0 Å². The van der Waals surface area contributed by atoms with Gasteiger partial charge in [-0.15, -0.1) is 0 Å². The number of aromatic hydroxyl groups is 1. The van der Waals surface area contributed by atoms with Crippen LogP contribution in [0.25, 0.3) is 32.4 Å². The van der Waals surface area contributed by atoms with E-state index < -0.39 is 54.6 Å². The molecule has 0 spiro atoms. The number of aliphatic hydroxyl groups excluding tert-OH is 4. The zero-order valence-electron chi connectivity index (χ0n) is 26.9. The number of ether oxygens (including phenoxy) is 3. The quantitative estimate of drug-likeness (QED) is 0.0849. The van der Waals surface area contributed by atoms with Crippen LogP contribution in [0.5, 0.6) is 11.5 Å². The highest BCUT2D eigenvalue weighted by Gasteiger charge is 2.58. The van der Waals surface area contributed by atoms with Crippen molar-refractivity contribution < 1.29 is 49.6 Å². The van der Waals surface area contributed by atoms with E-state index in [1.165, 1.54) is 0 Å². The predicted octanol–water partition coefficient (Wildman–Crippen LogP) is 3.91. The van der Waals surface area contributed by atoms with E-state index in [9.17, 15) is 35.4 Å². The summed E-state index contributed by atoms with van der Waals surface area (Å²) in [7, 11) is 0. The van der Waals surface area contributed by atoms with Crippen molar-refractivity contribution in [1.29, 1.82) is 0 Å². The first-order valence-electron chi connectivity index (χ1n) is 16.7. The van der Waals surface area contributed by atoms with Crippen LogP contribution in [-0.2, 0) is 26.3 Å². The van der Waals surface area contributed by atoms with Gasteiger partial charge in [-0.1, -0.05) is 61.7 Å². The molecule has 5 atom stereocenters. The average Bonchev–Trinajstić information content (AvgIpc) is 3.62. The van der Waals surface area contributed by atoms with Gasteiger partial charge in [0, 0.05) is 17.9 Å². The number of fused-ring (bicyclic) bond motifs is 4. The van der Waals surface area contributed by atoms with Crippen LogP contribution in [0.3, 0.4) is 0 Å². The number of hydrogen-bond acceptors (Lipinski definition) is 10. The highest BCUT2D eigenvalue weighted by atomic mass is 16.7. The van der Waals surface area contributed by atoms with Crippen LogP contribution >= 0.6 is 0 Å². The summed E-state index contributed by atoms with van der Waals surface area (Å²) in [4.78, 5) is 17.1. The van der Waals surface area contributed by atoms with Crippen LogP contribution in [0, 0.1) is 5.92 Å². The number of hydrogen-bond donors (Lipinski definition) is 7. The second-order valence-corrected chi connectivity index (χ2v) is 13.3. The van der Waals surface area contributed by atoms with Crippen LogP contribution in [0.15, 0.2) is 72.8 Å². The zero-order valence-corrected chi connectivity index (χ0v) is 26.9. The molecule has 1 aromatic heterocycles. The highest BCUT2D eigenvalue weighted by molar-refractivity contribution is 6.14. The second kappa shape index (κ2) is 13.3. The molecule has 11 nitrogen and oxygen atoms in total. The van der Waals surface area contributed by atoms with E-state index in [0.29, 0.717) is 10.9 Å². The number of carbonyl (C=O) groups is 1. The molecule has 1 saturated heterocycles. The Morgan fingerprint density at radius 3 is 2.33 bits per heavy atom. The van der Waals surface area contributed by atoms with E-state index >= 15 is 0 Å². The molecule has 2 heterocycles. The lowest BCUT2D eigenvalue weighted by atomic mass is 9.62. The summed E-state index contributed by atoms with van der Waals surface area (Å²) < 4.78 is 17.7. The minimum Gasteiger partial charge on any atom is -0.508 e. The van der Waals surface area contributed by atoms with Gasteiger partial charge in [-0.2, -0.15) is 0 Å². The van der Waals surface area contributed by atoms with Crippen molar-refractivity contribution in [3.63, 3.8) is 0 Å². The number of aromatic nitrogens is 1. The van der Waals surface area contributed by atoms with Crippen molar-refractivity contribution >= 4 is 38.4 Å². The van der Waals surface area contributed by atoms with Crippen molar-refractivity contribution in [3.05, 3.63) is 84.1 Å². The number of nitrogens with one attached hydrogen (secondary N) is 1. The third-order valence-electron chi connectivity index (χ3n) is 10.6. The van der Waals surface area contributed by atoms with Gasteiger partial charge in [-0.05, 0) is 70.3 Å². The molecule has 0 bridgehead atoms. The van der Waals surface area contributed by atoms with Gasteiger partial charge < -0.3 is 49.8 Å². The fraction of sp³-hybridized carbons (Fsp3) is 0.395. The van der Waals surface area contributed by atoms with E-state index in [1.807, 2.05) is 60.7 Å². The SMILES string of the molecule is O=C(Oc1c(CO)[nH]c2ccc3cc4ccccc4cc3c12)C1OC(O)(CO)C(O)C1OCC(CO)C1(c2ccc(O)cc2)CCCCC1. The van der Waals surface area contributed by atoms with Crippen LogP contribution in [0.2, 0.25) is 0 Å². The molecule has 5 aromatic rings. The van der Waals surface area contributed by atoms with Crippen molar-refractivity contribution in [2.24, 2.45) is 5.92 Å². The molecule has 7 N–H and O–H groups in total. The Kier molecular flexibility index (Phi) is 9.09. The lowest BCUT2D eigenvalue weighted by Crippen LogP contribution is -2.48. The number of rotatable bonds is 10. The Balaban J connectivity index is 1.21. The Labute approximate surface area is 282 Å². The summed E-state index contributed by atoms with van der Waals surface area (Å²) in [5, 5.41) is 67.2. The van der Waals surface area contributed by atoms with Gasteiger partial charge in [-0.25, -0.2) is 4.79 Å². The number of aliphatic hydroxyl groups is 5. The molecule has 11 heteroatoms. The van der Waals surface area contributed by atoms with Crippen LogP contribution in [0.1, 0.15) is 43.4 Å². The number of phenolic OH excluding ortho intramolecular Hbond substituents is 1. The second-order valence-electron chi connectivity index (χ2n) is 13.3. The smallest absolute Gasteiger partial charge is 0.343 e. The normalized spacial score (nSPS) is 24.5. The van der Waals surface area contributed by atoms with Gasteiger partial charge in [-0.3, -0.25) is 0 Å². The van der Waals surface area contributed by atoms with Crippen LogP contribution in [0.4, 0.5) is 0 Å². The van der Waals surface area contributed by atoms with Gasteiger partial charge in [0.2, 0.25) is 5.79 Å². The topological polar surface area (TPSA) is 182 Å². The molecular formula is C38H41NO10. The number of esters is 1. The van der Waals surface area contributed by atoms with E-state index in [0.717, 1.165) is 59.2 Å². The minimum atomic E-state index is -2.52. The Hall–Kier alpha value is -4.07. The molecule has 7 rings (SSSR count). The van der Waals surface area contributed by atoms with E-state index in [4.69, 9.17) is 14.2 Å². The third kappa shape index (κ3) is 5.85. The Morgan fingerprint density at radius 1 is 0.939 bits per heavy atom. The maximum atomic E-state index is 14.0. The van der Waals surface area contributed by atoms with Crippen molar-refractivity contribution in [2.75, 3.05) is 19.8 Å². The summed E-state index contributed by atoms with van der Waals surface area (Å²) in [5.41, 5.74) is 1.31. The molecule has 0 amide bonds. The third-order valence-corrected chi connectivity index (χ3v) is 10.6. The number of aromatic amines is 1. The van der Waals surface area contributed by atoms with Gasteiger partial charge in [0.15, 0.2) is 11.9 Å². The maximum Gasteiger partial charge on any atom is 0.343 e. The molecule has 1 aliphatic carbocycles. The lowest BCUT2D eigenvalue weighted by Gasteiger charge is -2.44. The van der Waals surface area contributed by atoms with Gasteiger partial charge in [0.05, 0.1) is 36.4 Å². The summed E-state index contributed by atoms with van der Waals surface area (Å²) in [6.07, 6.45) is -0.565. The van der Waals surface area contributed by atoms with Gasteiger partial charge in [0.25, 0.3) is 0 Å². The molecule has 258 valence electrons. The van der Waals surface area contributed by atoms with Crippen LogP contribution in [-0.4, -0.2) is 85.5 Å². The molecule has 2 fully saturated rings. The lowest BCUT2D eigenvalue weighted by molar-refractivity contribution is -0.246. The standard InChI is InChI=1S/C38H41NO10/c40-18-26(37(14-4-1-5-15-37)25-9-11-27(43)12-10-25)20-47-33-34(49-38(46,21-42)35(33)44)36(45)48-32-30(19-41)39-29-13-8-24-16-22-6-2-3-7-23(22)17-28(24)31(29)32/h2-3,6-13,16-17,26,33-35,39-44,46H,1,4-5,14-15,18-21H2. The summed E-state index contributed by atoms with van der Waals surface area (Å²) in [6, 6.07) is 22.5. The number of H-pyrrole nitrogens is 1.